The maximum atomic E-state index is 13.0. The Morgan fingerprint density at radius 3 is 2.73 bits per heavy atom. The quantitative estimate of drug-likeness (QED) is 0.784. The molecule has 1 aromatic carbocycles. The molecule has 1 aliphatic rings. The van der Waals surface area contributed by atoms with Gasteiger partial charge in [0, 0.05) is 24.4 Å². The van der Waals surface area contributed by atoms with Crippen LogP contribution in [0, 0.1) is 6.92 Å². The van der Waals surface area contributed by atoms with Crippen molar-refractivity contribution in [2.75, 3.05) is 0 Å². The zero-order valence-electron chi connectivity index (χ0n) is 14.2. The minimum atomic E-state index is -0.310. The van der Waals surface area contributed by atoms with Crippen molar-refractivity contribution >= 4 is 11.6 Å². The number of nitrogens with zero attached hydrogens (tertiary/aromatic N) is 3. The maximum Gasteiger partial charge on any atom is 0.274 e. The van der Waals surface area contributed by atoms with Gasteiger partial charge in [-0.1, -0.05) is 0 Å². The van der Waals surface area contributed by atoms with Gasteiger partial charge in [-0.15, -0.1) is 0 Å². The van der Waals surface area contributed by atoms with Crippen molar-refractivity contribution in [3.8, 4) is 5.75 Å². The molecule has 6 nitrogen and oxygen atoms in total. The van der Waals surface area contributed by atoms with E-state index in [1.54, 1.807) is 49.0 Å². The average molecular weight is 347 g/mol. The van der Waals surface area contributed by atoms with Gasteiger partial charge in [0.2, 0.25) is 0 Å². The van der Waals surface area contributed by atoms with Crippen molar-refractivity contribution in [1.29, 1.82) is 0 Å². The smallest absolute Gasteiger partial charge is 0.274 e. The third kappa shape index (κ3) is 2.86. The van der Waals surface area contributed by atoms with Gasteiger partial charge in [-0.3, -0.25) is 9.78 Å². The number of hydrogen-bond donors (Lipinski definition) is 1. The molecule has 0 saturated heterocycles. The number of phenols is 1. The summed E-state index contributed by atoms with van der Waals surface area (Å²) in [6.07, 6.45) is 5.29. The molecular formula is C20H17N3O3. The molecule has 2 aromatic heterocycles. The number of aromatic hydroxyl groups is 1. The van der Waals surface area contributed by atoms with Crippen molar-refractivity contribution < 1.29 is 14.3 Å². The fourth-order valence-electron chi connectivity index (χ4n) is 3.04. The summed E-state index contributed by atoms with van der Waals surface area (Å²) in [4.78, 5) is 16.9. The minimum absolute atomic E-state index is 0.209. The Morgan fingerprint density at radius 2 is 2.04 bits per heavy atom. The highest BCUT2D eigenvalue weighted by Crippen LogP contribution is 2.34. The molecule has 3 aromatic rings. The van der Waals surface area contributed by atoms with Crippen LogP contribution in [0.25, 0.3) is 0 Å². The van der Waals surface area contributed by atoms with Crippen molar-refractivity contribution in [2.45, 2.75) is 19.4 Å². The van der Waals surface area contributed by atoms with E-state index >= 15 is 0 Å². The lowest BCUT2D eigenvalue weighted by atomic mass is 10.0. The number of furan rings is 1. The number of carbonyl (C=O) groups excluding carboxylic acids is 1. The lowest BCUT2D eigenvalue weighted by molar-refractivity contribution is 0.0692. The normalized spacial score (nSPS) is 16.6. The molecule has 0 bridgehead atoms. The Balaban J connectivity index is 1.73. The highest BCUT2D eigenvalue weighted by atomic mass is 16.3. The highest BCUT2D eigenvalue weighted by molar-refractivity contribution is 6.05. The number of rotatable bonds is 3. The summed E-state index contributed by atoms with van der Waals surface area (Å²) in [6, 6.07) is 12.0. The first kappa shape index (κ1) is 16.1. The third-order valence-corrected chi connectivity index (χ3v) is 4.45. The second-order valence-corrected chi connectivity index (χ2v) is 6.17. The van der Waals surface area contributed by atoms with Gasteiger partial charge in [-0.25, -0.2) is 5.01 Å². The Labute approximate surface area is 150 Å². The van der Waals surface area contributed by atoms with Crippen LogP contribution in [-0.4, -0.2) is 26.7 Å². The molecular weight excluding hydrogens is 330 g/mol. The summed E-state index contributed by atoms with van der Waals surface area (Å²) in [5.74, 6) is 0.709. The molecule has 0 aliphatic carbocycles. The summed E-state index contributed by atoms with van der Waals surface area (Å²) < 4.78 is 5.54. The molecule has 6 heteroatoms. The summed E-state index contributed by atoms with van der Waals surface area (Å²) in [7, 11) is 0. The fraction of sp³-hybridized carbons (Fsp3) is 0.150. The van der Waals surface area contributed by atoms with Crippen LogP contribution in [0.5, 0.6) is 5.75 Å². The second kappa shape index (κ2) is 6.48. The standard InChI is InChI=1S/C20H17N3O3/c1-13-11-15(4-5-18(13)24)16-12-17(19-3-2-10-26-19)23(22-16)20(25)14-6-8-21-9-7-14/h2-11,17,24H,12H2,1H3. The van der Waals surface area contributed by atoms with Gasteiger partial charge in [0.15, 0.2) is 0 Å². The first-order valence-electron chi connectivity index (χ1n) is 8.28. The molecule has 3 heterocycles. The van der Waals surface area contributed by atoms with Gasteiger partial charge < -0.3 is 9.52 Å². The molecule has 4 rings (SSSR count). The molecule has 0 spiro atoms. The van der Waals surface area contributed by atoms with E-state index in [1.165, 1.54) is 5.01 Å². The number of benzene rings is 1. The number of phenolic OH excluding ortho intramolecular Hbond substituents is 1. The molecule has 1 amide bonds. The van der Waals surface area contributed by atoms with Crippen molar-refractivity contribution in [2.24, 2.45) is 5.10 Å². The monoisotopic (exact) mass is 347 g/mol. The van der Waals surface area contributed by atoms with E-state index in [-0.39, 0.29) is 17.7 Å². The first-order valence-corrected chi connectivity index (χ1v) is 8.28. The number of amides is 1. The minimum Gasteiger partial charge on any atom is -0.508 e. The predicted molar refractivity (Wildman–Crippen MR) is 95.9 cm³/mol. The van der Waals surface area contributed by atoms with E-state index in [0.29, 0.717) is 17.7 Å². The van der Waals surface area contributed by atoms with Crippen molar-refractivity contribution in [1.82, 2.24) is 9.99 Å². The van der Waals surface area contributed by atoms with E-state index in [0.717, 1.165) is 16.8 Å². The molecule has 1 unspecified atom stereocenters. The number of pyridine rings is 1. The molecule has 130 valence electrons. The van der Waals surface area contributed by atoms with Gasteiger partial charge in [0.25, 0.3) is 5.91 Å². The zero-order valence-corrected chi connectivity index (χ0v) is 14.2. The van der Waals surface area contributed by atoms with E-state index in [9.17, 15) is 9.90 Å². The number of aryl methyl sites for hydroxylation is 1. The SMILES string of the molecule is Cc1cc(C2=NN(C(=O)c3ccncc3)C(c3ccco3)C2)ccc1O. The summed E-state index contributed by atoms with van der Waals surface area (Å²) in [6.45, 7) is 1.83. The lowest BCUT2D eigenvalue weighted by Crippen LogP contribution is -2.26. The van der Waals surface area contributed by atoms with E-state index < -0.39 is 0 Å². The Hall–Kier alpha value is -3.41. The molecule has 0 radical (unpaired) electrons. The van der Waals surface area contributed by atoms with Gasteiger partial charge in [-0.05, 0) is 60.5 Å². The molecule has 1 atom stereocenters. The number of hydrogen-bond acceptors (Lipinski definition) is 5. The van der Waals surface area contributed by atoms with Crippen LogP contribution in [0.1, 0.15) is 39.7 Å². The molecule has 26 heavy (non-hydrogen) atoms. The third-order valence-electron chi connectivity index (χ3n) is 4.45. The van der Waals surface area contributed by atoms with Crippen LogP contribution in [0.15, 0.2) is 70.6 Å². The molecule has 1 N–H and O–H groups in total. The Kier molecular flexibility index (Phi) is 4.01. The Morgan fingerprint density at radius 1 is 1.23 bits per heavy atom. The first-order chi connectivity index (χ1) is 12.6. The number of hydrazone groups is 1. The average Bonchev–Trinajstić information content (AvgIpc) is 3.33. The van der Waals surface area contributed by atoms with Crippen LogP contribution in [0.4, 0.5) is 0 Å². The van der Waals surface area contributed by atoms with Crippen LogP contribution >= 0.6 is 0 Å². The molecule has 1 aliphatic heterocycles. The zero-order chi connectivity index (χ0) is 18.1. The van der Waals surface area contributed by atoms with Crippen LogP contribution < -0.4 is 0 Å². The molecule has 0 fully saturated rings. The number of aromatic nitrogens is 1. The van der Waals surface area contributed by atoms with Crippen LogP contribution in [-0.2, 0) is 0 Å². The summed E-state index contributed by atoms with van der Waals surface area (Å²) in [5, 5.41) is 15.8. The predicted octanol–water partition coefficient (Wildman–Crippen LogP) is 3.68. The van der Waals surface area contributed by atoms with E-state index in [4.69, 9.17) is 4.42 Å². The van der Waals surface area contributed by atoms with Crippen LogP contribution in [0.2, 0.25) is 0 Å². The van der Waals surface area contributed by atoms with Gasteiger partial charge >= 0.3 is 0 Å². The highest BCUT2D eigenvalue weighted by Gasteiger charge is 2.35. The van der Waals surface area contributed by atoms with E-state index in [2.05, 4.69) is 10.1 Å². The fourth-order valence-corrected chi connectivity index (χ4v) is 3.04. The number of carbonyl (C=O) groups is 1. The van der Waals surface area contributed by atoms with Crippen LogP contribution in [0.3, 0.4) is 0 Å². The summed E-state index contributed by atoms with van der Waals surface area (Å²) in [5.41, 5.74) is 2.93. The lowest BCUT2D eigenvalue weighted by Gasteiger charge is -2.19. The maximum absolute atomic E-state index is 13.0. The summed E-state index contributed by atoms with van der Waals surface area (Å²) >= 11 is 0. The van der Waals surface area contributed by atoms with E-state index in [1.807, 2.05) is 19.1 Å². The van der Waals surface area contributed by atoms with Gasteiger partial charge in [-0.2, -0.15) is 5.10 Å². The van der Waals surface area contributed by atoms with Crippen molar-refractivity contribution in [3.63, 3.8) is 0 Å². The topological polar surface area (TPSA) is 78.9 Å². The Bertz CT molecular complexity index is 965. The molecule has 0 saturated carbocycles. The van der Waals surface area contributed by atoms with Gasteiger partial charge in [0.1, 0.15) is 17.6 Å². The van der Waals surface area contributed by atoms with Gasteiger partial charge in [0.05, 0.1) is 12.0 Å². The second-order valence-electron chi connectivity index (χ2n) is 6.17. The van der Waals surface area contributed by atoms with Crippen molar-refractivity contribution in [3.05, 3.63) is 83.6 Å². The largest absolute Gasteiger partial charge is 0.508 e.